The van der Waals surface area contributed by atoms with Crippen LogP contribution >= 0.6 is 11.6 Å². The van der Waals surface area contributed by atoms with E-state index in [2.05, 4.69) is 10.3 Å². The summed E-state index contributed by atoms with van der Waals surface area (Å²) in [6, 6.07) is 12.8. The molecule has 1 amide bonds. The fourth-order valence-electron chi connectivity index (χ4n) is 2.52. The first-order valence-electron chi connectivity index (χ1n) is 8.04. The van der Waals surface area contributed by atoms with Gasteiger partial charge in [0.1, 0.15) is 5.75 Å². The number of carbonyl (C=O) groups excluding carboxylic acids is 1. The van der Waals surface area contributed by atoms with Gasteiger partial charge < -0.3 is 10.1 Å². The van der Waals surface area contributed by atoms with Crippen LogP contribution in [-0.2, 0) is 6.42 Å². The summed E-state index contributed by atoms with van der Waals surface area (Å²) in [6.07, 6.45) is 3.52. The molecule has 132 valence electrons. The average molecular weight is 371 g/mol. The van der Waals surface area contributed by atoms with Crippen LogP contribution in [-0.4, -0.2) is 10.9 Å². The molecule has 0 unspecified atom stereocenters. The van der Waals surface area contributed by atoms with Gasteiger partial charge in [0.15, 0.2) is 11.6 Å². The predicted octanol–water partition coefficient (Wildman–Crippen LogP) is 5.48. The molecule has 0 saturated heterocycles. The van der Waals surface area contributed by atoms with Crippen molar-refractivity contribution in [1.29, 1.82) is 0 Å². The number of nitrogens with zero attached hydrogens (tertiary/aromatic N) is 1. The molecule has 0 aliphatic heterocycles. The van der Waals surface area contributed by atoms with Crippen LogP contribution in [0.25, 0.3) is 0 Å². The second-order valence-electron chi connectivity index (χ2n) is 5.51. The smallest absolute Gasteiger partial charge is 0.257 e. The van der Waals surface area contributed by atoms with Gasteiger partial charge in [-0.2, -0.15) is 0 Å². The molecule has 0 spiro atoms. The van der Waals surface area contributed by atoms with Gasteiger partial charge in [0.2, 0.25) is 0 Å². The number of aromatic nitrogens is 1. The van der Waals surface area contributed by atoms with Crippen LogP contribution in [0.5, 0.6) is 11.5 Å². The third kappa shape index (κ3) is 4.00. The molecule has 26 heavy (non-hydrogen) atoms. The van der Waals surface area contributed by atoms with E-state index in [1.165, 1.54) is 18.3 Å². The standard InChI is InChI=1S/C20H16ClFN2O2/c1-2-16-18(24-20(25)13-5-4-10-23-12-13)9-8-17(22)19(16)26-15-7-3-6-14(21)11-15/h3-12H,2H2,1H3,(H,24,25). The van der Waals surface area contributed by atoms with Gasteiger partial charge >= 0.3 is 0 Å². The Balaban J connectivity index is 1.93. The lowest BCUT2D eigenvalue weighted by atomic mass is 10.1. The fourth-order valence-corrected chi connectivity index (χ4v) is 2.70. The SMILES string of the molecule is CCc1c(NC(=O)c2cccnc2)ccc(F)c1Oc1cccc(Cl)c1. The highest BCUT2D eigenvalue weighted by Crippen LogP contribution is 2.34. The third-order valence-electron chi connectivity index (χ3n) is 3.75. The van der Waals surface area contributed by atoms with Crippen LogP contribution in [0.3, 0.4) is 0 Å². The van der Waals surface area contributed by atoms with Crippen LogP contribution in [0.4, 0.5) is 10.1 Å². The monoisotopic (exact) mass is 370 g/mol. The normalized spacial score (nSPS) is 10.4. The maximum Gasteiger partial charge on any atom is 0.257 e. The molecule has 0 bridgehead atoms. The van der Waals surface area contributed by atoms with E-state index >= 15 is 0 Å². The summed E-state index contributed by atoms with van der Waals surface area (Å²) in [5.74, 6) is -0.352. The Hall–Kier alpha value is -2.92. The lowest BCUT2D eigenvalue weighted by Crippen LogP contribution is -2.14. The van der Waals surface area contributed by atoms with E-state index in [1.54, 1.807) is 42.6 Å². The van der Waals surface area contributed by atoms with E-state index in [0.717, 1.165) is 0 Å². The van der Waals surface area contributed by atoms with Gasteiger partial charge in [0, 0.05) is 28.7 Å². The molecule has 1 heterocycles. The summed E-state index contributed by atoms with van der Waals surface area (Å²) in [5.41, 5.74) is 1.46. The summed E-state index contributed by atoms with van der Waals surface area (Å²) in [7, 11) is 0. The minimum Gasteiger partial charge on any atom is -0.454 e. The number of benzene rings is 2. The van der Waals surface area contributed by atoms with Crippen molar-refractivity contribution in [1.82, 2.24) is 4.98 Å². The van der Waals surface area contributed by atoms with Gasteiger partial charge in [-0.05, 0) is 48.9 Å². The molecule has 4 nitrogen and oxygen atoms in total. The number of halogens is 2. The Labute approximate surface area is 155 Å². The molecule has 0 fully saturated rings. The third-order valence-corrected chi connectivity index (χ3v) is 3.99. The van der Waals surface area contributed by atoms with Crippen molar-refractivity contribution in [2.45, 2.75) is 13.3 Å². The highest BCUT2D eigenvalue weighted by atomic mass is 35.5. The van der Waals surface area contributed by atoms with Crippen LogP contribution in [0.2, 0.25) is 5.02 Å². The predicted molar refractivity (Wildman–Crippen MR) is 99.5 cm³/mol. The molecule has 0 saturated carbocycles. The lowest BCUT2D eigenvalue weighted by molar-refractivity contribution is 0.102. The van der Waals surface area contributed by atoms with Gasteiger partial charge in [0.05, 0.1) is 5.56 Å². The van der Waals surface area contributed by atoms with E-state index in [4.69, 9.17) is 16.3 Å². The summed E-state index contributed by atoms with van der Waals surface area (Å²) < 4.78 is 20.1. The van der Waals surface area contributed by atoms with Gasteiger partial charge in [-0.15, -0.1) is 0 Å². The van der Waals surface area contributed by atoms with Crippen molar-refractivity contribution < 1.29 is 13.9 Å². The van der Waals surface area contributed by atoms with E-state index in [1.807, 2.05) is 6.92 Å². The molecule has 0 radical (unpaired) electrons. The molecule has 6 heteroatoms. The second kappa shape index (κ2) is 7.97. The first-order chi connectivity index (χ1) is 12.6. The molecule has 0 atom stereocenters. The van der Waals surface area contributed by atoms with Crippen LogP contribution in [0, 0.1) is 5.82 Å². The summed E-state index contributed by atoms with van der Waals surface area (Å²) >= 11 is 5.96. The first kappa shape index (κ1) is 17.9. The second-order valence-corrected chi connectivity index (χ2v) is 5.95. The van der Waals surface area contributed by atoms with Crippen LogP contribution < -0.4 is 10.1 Å². The number of anilines is 1. The highest BCUT2D eigenvalue weighted by molar-refractivity contribution is 6.30. The molecule has 3 rings (SSSR count). The topological polar surface area (TPSA) is 51.2 Å². The number of carbonyl (C=O) groups is 1. The first-order valence-corrected chi connectivity index (χ1v) is 8.42. The van der Waals surface area contributed by atoms with Gasteiger partial charge in [-0.3, -0.25) is 9.78 Å². The van der Waals surface area contributed by atoms with E-state index in [9.17, 15) is 9.18 Å². The maximum absolute atomic E-state index is 14.4. The lowest BCUT2D eigenvalue weighted by Gasteiger charge is -2.16. The van der Waals surface area contributed by atoms with E-state index < -0.39 is 5.82 Å². The van der Waals surface area contributed by atoms with Crippen molar-refractivity contribution >= 4 is 23.2 Å². The molecular formula is C20H16ClFN2O2. The molecule has 1 aromatic heterocycles. The van der Waals surface area contributed by atoms with Gasteiger partial charge in [0.25, 0.3) is 5.91 Å². The molecule has 3 aromatic rings. The Kier molecular flexibility index (Phi) is 5.49. The summed E-state index contributed by atoms with van der Waals surface area (Å²) in [5, 5.41) is 3.28. The number of nitrogens with one attached hydrogen (secondary N) is 1. The molecule has 1 N–H and O–H groups in total. The van der Waals surface area contributed by atoms with E-state index in [0.29, 0.717) is 34.0 Å². The number of ether oxygens (including phenoxy) is 1. The van der Waals surface area contributed by atoms with Crippen molar-refractivity contribution in [3.63, 3.8) is 0 Å². The minimum atomic E-state index is -0.513. The molecular weight excluding hydrogens is 355 g/mol. The number of rotatable bonds is 5. The van der Waals surface area contributed by atoms with Crippen LogP contribution in [0.15, 0.2) is 60.9 Å². The Bertz CT molecular complexity index is 932. The highest BCUT2D eigenvalue weighted by Gasteiger charge is 2.17. The minimum absolute atomic E-state index is 0.0683. The van der Waals surface area contributed by atoms with Gasteiger partial charge in [-0.25, -0.2) is 4.39 Å². The van der Waals surface area contributed by atoms with Crippen molar-refractivity contribution in [2.75, 3.05) is 5.32 Å². The Morgan fingerprint density at radius 1 is 1.23 bits per heavy atom. The van der Waals surface area contributed by atoms with Crippen LogP contribution in [0.1, 0.15) is 22.8 Å². The number of pyridine rings is 1. The van der Waals surface area contributed by atoms with Gasteiger partial charge in [-0.1, -0.05) is 24.6 Å². The van der Waals surface area contributed by atoms with E-state index in [-0.39, 0.29) is 11.7 Å². The zero-order valence-corrected chi connectivity index (χ0v) is 14.8. The quantitative estimate of drug-likeness (QED) is 0.646. The largest absolute Gasteiger partial charge is 0.454 e. The van der Waals surface area contributed by atoms with Crippen molar-refractivity contribution in [3.05, 3.63) is 82.9 Å². The fraction of sp³-hybridized carbons (Fsp3) is 0.100. The number of hydrogen-bond acceptors (Lipinski definition) is 3. The molecule has 2 aromatic carbocycles. The summed E-state index contributed by atoms with van der Waals surface area (Å²) in [6.45, 7) is 1.86. The maximum atomic E-state index is 14.4. The molecule has 0 aliphatic carbocycles. The molecule has 0 aliphatic rings. The van der Waals surface area contributed by atoms with Crippen molar-refractivity contribution in [3.8, 4) is 11.5 Å². The average Bonchev–Trinajstić information content (AvgIpc) is 2.65. The number of amides is 1. The zero-order chi connectivity index (χ0) is 18.5. The Morgan fingerprint density at radius 3 is 2.77 bits per heavy atom. The number of hydrogen-bond donors (Lipinski definition) is 1. The van der Waals surface area contributed by atoms with Crippen molar-refractivity contribution in [2.24, 2.45) is 0 Å². The Morgan fingerprint density at radius 2 is 2.08 bits per heavy atom. The zero-order valence-electron chi connectivity index (χ0n) is 14.0. The summed E-state index contributed by atoms with van der Waals surface area (Å²) in [4.78, 5) is 16.3.